The van der Waals surface area contributed by atoms with Crippen molar-refractivity contribution < 1.29 is 0 Å². The SMILES string of the molecule is Cc1ccc(-c2ccc(Br)cc2)cc1C. The van der Waals surface area contributed by atoms with Crippen LogP contribution in [0.25, 0.3) is 11.1 Å². The van der Waals surface area contributed by atoms with E-state index >= 15 is 0 Å². The van der Waals surface area contributed by atoms with E-state index in [4.69, 9.17) is 0 Å². The van der Waals surface area contributed by atoms with Crippen molar-refractivity contribution in [1.82, 2.24) is 0 Å². The first kappa shape index (κ1) is 10.4. The molecule has 0 spiro atoms. The zero-order chi connectivity index (χ0) is 10.8. The van der Waals surface area contributed by atoms with Gasteiger partial charge < -0.3 is 0 Å². The van der Waals surface area contributed by atoms with Crippen LogP contribution in [0.15, 0.2) is 46.9 Å². The Hall–Kier alpha value is -1.08. The van der Waals surface area contributed by atoms with E-state index in [0.717, 1.165) is 4.47 Å². The second-order valence-corrected chi connectivity index (χ2v) is 4.72. The smallest absolute Gasteiger partial charge is 0.0175 e. The summed E-state index contributed by atoms with van der Waals surface area (Å²) in [6.07, 6.45) is 0. The van der Waals surface area contributed by atoms with Crippen LogP contribution < -0.4 is 0 Å². The summed E-state index contributed by atoms with van der Waals surface area (Å²) in [4.78, 5) is 0. The minimum Gasteiger partial charge on any atom is -0.0584 e. The third kappa shape index (κ3) is 2.29. The summed E-state index contributed by atoms with van der Waals surface area (Å²) >= 11 is 3.44. The summed E-state index contributed by atoms with van der Waals surface area (Å²) in [5.74, 6) is 0. The monoisotopic (exact) mass is 260 g/mol. The molecule has 0 N–H and O–H groups in total. The van der Waals surface area contributed by atoms with Gasteiger partial charge in [-0.2, -0.15) is 0 Å². The molecule has 0 heterocycles. The molecule has 15 heavy (non-hydrogen) atoms. The fourth-order valence-electron chi connectivity index (χ4n) is 1.56. The molecule has 0 saturated heterocycles. The van der Waals surface area contributed by atoms with Crippen LogP contribution in [0.1, 0.15) is 11.1 Å². The van der Waals surface area contributed by atoms with Gasteiger partial charge in [-0.15, -0.1) is 0 Å². The lowest BCUT2D eigenvalue weighted by molar-refractivity contribution is 1.34. The van der Waals surface area contributed by atoms with Crippen LogP contribution in [0, 0.1) is 13.8 Å². The first-order chi connectivity index (χ1) is 7.16. The van der Waals surface area contributed by atoms with Crippen molar-refractivity contribution in [3.05, 3.63) is 58.1 Å². The van der Waals surface area contributed by atoms with Gasteiger partial charge in [0.15, 0.2) is 0 Å². The molecule has 0 saturated carbocycles. The standard InChI is InChI=1S/C14H13Br/c1-10-3-4-13(9-11(10)2)12-5-7-14(15)8-6-12/h3-9H,1-2H3. The van der Waals surface area contributed by atoms with E-state index < -0.39 is 0 Å². The van der Waals surface area contributed by atoms with Gasteiger partial charge in [0.05, 0.1) is 0 Å². The normalized spacial score (nSPS) is 10.3. The van der Waals surface area contributed by atoms with Gasteiger partial charge >= 0.3 is 0 Å². The van der Waals surface area contributed by atoms with Gasteiger partial charge in [-0.25, -0.2) is 0 Å². The van der Waals surface area contributed by atoms with Crippen LogP contribution in [0.2, 0.25) is 0 Å². The number of hydrogen-bond acceptors (Lipinski definition) is 0. The largest absolute Gasteiger partial charge is 0.0584 e. The van der Waals surface area contributed by atoms with Crippen LogP contribution in [0.3, 0.4) is 0 Å². The van der Waals surface area contributed by atoms with Gasteiger partial charge in [-0.05, 0) is 48.2 Å². The predicted molar refractivity (Wildman–Crippen MR) is 69.1 cm³/mol. The van der Waals surface area contributed by atoms with Crippen molar-refractivity contribution in [3.8, 4) is 11.1 Å². The molecule has 0 unspecified atom stereocenters. The third-order valence-corrected chi connectivity index (χ3v) is 3.21. The Balaban J connectivity index is 2.45. The lowest BCUT2D eigenvalue weighted by Crippen LogP contribution is -1.83. The van der Waals surface area contributed by atoms with Gasteiger partial charge in [0, 0.05) is 4.47 Å². The molecule has 0 aromatic heterocycles. The quantitative estimate of drug-likeness (QED) is 0.696. The molecule has 0 aliphatic heterocycles. The maximum atomic E-state index is 3.44. The van der Waals surface area contributed by atoms with E-state index in [2.05, 4.69) is 72.2 Å². The molecule has 0 radical (unpaired) electrons. The van der Waals surface area contributed by atoms with E-state index in [-0.39, 0.29) is 0 Å². The number of benzene rings is 2. The van der Waals surface area contributed by atoms with Crippen LogP contribution in [-0.2, 0) is 0 Å². The highest BCUT2D eigenvalue weighted by Gasteiger charge is 1.99. The summed E-state index contributed by atoms with van der Waals surface area (Å²) in [6, 6.07) is 15.0. The molecule has 76 valence electrons. The fourth-order valence-corrected chi connectivity index (χ4v) is 1.83. The lowest BCUT2D eigenvalue weighted by atomic mass is 10.0. The molecular formula is C14H13Br. The minimum atomic E-state index is 1.12. The molecule has 0 amide bonds. The van der Waals surface area contributed by atoms with Crippen molar-refractivity contribution in [1.29, 1.82) is 0 Å². The van der Waals surface area contributed by atoms with Crippen LogP contribution >= 0.6 is 15.9 Å². The van der Waals surface area contributed by atoms with Crippen molar-refractivity contribution in [3.63, 3.8) is 0 Å². The highest BCUT2D eigenvalue weighted by Crippen LogP contribution is 2.23. The highest BCUT2D eigenvalue weighted by molar-refractivity contribution is 9.10. The molecule has 2 aromatic rings. The Labute approximate surface area is 99.1 Å². The molecule has 0 nitrogen and oxygen atoms in total. The van der Waals surface area contributed by atoms with Crippen molar-refractivity contribution in [2.75, 3.05) is 0 Å². The highest BCUT2D eigenvalue weighted by atomic mass is 79.9. The van der Waals surface area contributed by atoms with Crippen molar-refractivity contribution >= 4 is 15.9 Å². The van der Waals surface area contributed by atoms with E-state index in [1.165, 1.54) is 22.3 Å². The van der Waals surface area contributed by atoms with Gasteiger partial charge in [0.1, 0.15) is 0 Å². The first-order valence-electron chi connectivity index (χ1n) is 5.00. The average molecular weight is 261 g/mol. The Morgan fingerprint density at radius 2 is 1.33 bits per heavy atom. The van der Waals surface area contributed by atoms with Crippen LogP contribution in [0.4, 0.5) is 0 Å². The van der Waals surface area contributed by atoms with E-state index in [1.54, 1.807) is 0 Å². The first-order valence-corrected chi connectivity index (χ1v) is 5.79. The molecule has 0 aliphatic rings. The van der Waals surface area contributed by atoms with E-state index in [1.807, 2.05) is 0 Å². The minimum absolute atomic E-state index is 1.12. The number of aryl methyl sites for hydroxylation is 2. The molecule has 1 heteroatoms. The Kier molecular flexibility index (Phi) is 2.92. The van der Waals surface area contributed by atoms with Gasteiger partial charge in [-0.1, -0.05) is 46.3 Å². The van der Waals surface area contributed by atoms with E-state index in [9.17, 15) is 0 Å². The Morgan fingerprint density at radius 1 is 0.733 bits per heavy atom. The predicted octanol–water partition coefficient (Wildman–Crippen LogP) is 4.73. The van der Waals surface area contributed by atoms with Gasteiger partial charge in [0.25, 0.3) is 0 Å². The maximum absolute atomic E-state index is 3.44. The molecule has 0 atom stereocenters. The number of rotatable bonds is 1. The van der Waals surface area contributed by atoms with Gasteiger partial charge in [-0.3, -0.25) is 0 Å². The van der Waals surface area contributed by atoms with Crippen LogP contribution in [-0.4, -0.2) is 0 Å². The summed E-state index contributed by atoms with van der Waals surface area (Å²) < 4.78 is 1.12. The average Bonchev–Trinajstić information content (AvgIpc) is 2.23. The molecule has 0 aliphatic carbocycles. The number of halogens is 1. The summed E-state index contributed by atoms with van der Waals surface area (Å²) in [7, 11) is 0. The Morgan fingerprint density at radius 3 is 1.93 bits per heavy atom. The second kappa shape index (κ2) is 4.19. The van der Waals surface area contributed by atoms with Crippen LogP contribution in [0.5, 0.6) is 0 Å². The second-order valence-electron chi connectivity index (χ2n) is 3.81. The molecule has 2 aromatic carbocycles. The summed E-state index contributed by atoms with van der Waals surface area (Å²) in [5.41, 5.74) is 5.23. The third-order valence-electron chi connectivity index (χ3n) is 2.68. The lowest BCUT2D eigenvalue weighted by Gasteiger charge is -2.05. The molecule has 0 fully saturated rings. The summed E-state index contributed by atoms with van der Waals surface area (Å²) in [6.45, 7) is 4.29. The zero-order valence-corrected chi connectivity index (χ0v) is 10.5. The Bertz CT molecular complexity index is 469. The maximum Gasteiger partial charge on any atom is 0.0175 e. The van der Waals surface area contributed by atoms with E-state index in [0.29, 0.717) is 0 Å². The van der Waals surface area contributed by atoms with Gasteiger partial charge in [0.2, 0.25) is 0 Å². The van der Waals surface area contributed by atoms with Crippen molar-refractivity contribution in [2.45, 2.75) is 13.8 Å². The summed E-state index contributed by atoms with van der Waals surface area (Å²) in [5, 5.41) is 0. The molecule has 2 rings (SSSR count). The van der Waals surface area contributed by atoms with Crippen molar-refractivity contribution in [2.24, 2.45) is 0 Å². The number of hydrogen-bond donors (Lipinski definition) is 0. The zero-order valence-electron chi connectivity index (χ0n) is 8.92. The topological polar surface area (TPSA) is 0 Å². The molecule has 0 bridgehead atoms. The fraction of sp³-hybridized carbons (Fsp3) is 0.143. The molecular weight excluding hydrogens is 248 g/mol.